The van der Waals surface area contributed by atoms with Gasteiger partial charge in [0.15, 0.2) is 17.2 Å². The van der Waals surface area contributed by atoms with Gasteiger partial charge in [0, 0.05) is 6.42 Å². The molecule has 0 saturated heterocycles. The van der Waals surface area contributed by atoms with E-state index in [1.165, 1.54) is 57.8 Å². The molecular formula is C21H40O5. The zero-order chi connectivity index (χ0) is 19.8. The second kappa shape index (κ2) is 15.3. The van der Waals surface area contributed by atoms with Crippen LogP contribution in [0.4, 0.5) is 0 Å². The number of aliphatic hydroxyl groups excluding tert-OH is 2. The molecule has 0 aromatic rings. The van der Waals surface area contributed by atoms with Gasteiger partial charge in [-0.2, -0.15) is 0 Å². The summed E-state index contributed by atoms with van der Waals surface area (Å²) >= 11 is 0. The lowest BCUT2D eigenvalue weighted by atomic mass is 9.87. The molecule has 0 rings (SSSR count). The highest BCUT2D eigenvalue weighted by Gasteiger charge is 2.44. The van der Waals surface area contributed by atoms with Crippen LogP contribution < -0.4 is 0 Å². The average Bonchev–Trinajstić information content (AvgIpc) is 2.63. The number of Topliss-reactive ketones (excluding diaryl/α,β-unsaturated/α-hetero) is 2. The van der Waals surface area contributed by atoms with Crippen LogP contribution >= 0.6 is 0 Å². The summed E-state index contributed by atoms with van der Waals surface area (Å²) in [7, 11) is 0. The van der Waals surface area contributed by atoms with Crippen LogP contribution in [0.3, 0.4) is 0 Å². The van der Waals surface area contributed by atoms with Gasteiger partial charge in [0.1, 0.15) is 6.10 Å². The number of carbonyl (C=O) groups excluding carboxylic acids is 2. The van der Waals surface area contributed by atoms with E-state index in [1.807, 2.05) is 0 Å². The molecule has 0 radical (unpaired) electrons. The van der Waals surface area contributed by atoms with E-state index in [-0.39, 0.29) is 6.42 Å². The molecule has 3 N–H and O–H groups in total. The molecule has 0 amide bonds. The van der Waals surface area contributed by atoms with E-state index in [2.05, 4.69) is 6.92 Å². The van der Waals surface area contributed by atoms with Crippen LogP contribution in [0.2, 0.25) is 0 Å². The summed E-state index contributed by atoms with van der Waals surface area (Å²) in [5, 5.41) is 28.9. The maximum Gasteiger partial charge on any atom is 0.178 e. The van der Waals surface area contributed by atoms with Crippen molar-refractivity contribution in [3.8, 4) is 0 Å². The van der Waals surface area contributed by atoms with Gasteiger partial charge >= 0.3 is 0 Å². The molecule has 0 aliphatic heterocycles. The first-order chi connectivity index (χ1) is 12.4. The molecular weight excluding hydrogens is 332 g/mol. The molecule has 0 spiro atoms. The van der Waals surface area contributed by atoms with Crippen molar-refractivity contribution in [3.63, 3.8) is 0 Å². The van der Waals surface area contributed by atoms with Gasteiger partial charge in [0.2, 0.25) is 0 Å². The zero-order valence-electron chi connectivity index (χ0n) is 16.8. The number of hydrogen-bond donors (Lipinski definition) is 3. The Morgan fingerprint density at radius 3 is 1.54 bits per heavy atom. The molecule has 0 fully saturated rings. The maximum atomic E-state index is 12.0. The summed E-state index contributed by atoms with van der Waals surface area (Å²) in [6.45, 7) is 2.38. The van der Waals surface area contributed by atoms with Gasteiger partial charge in [0.05, 0.1) is 6.61 Å². The van der Waals surface area contributed by atoms with Crippen molar-refractivity contribution in [2.75, 3.05) is 6.61 Å². The monoisotopic (exact) mass is 372 g/mol. The van der Waals surface area contributed by atoms with Crippen molar-refractivity contribution < 1.29 is 24.9 Å². The highest BCUT2D eigenvalue weighted by Crippen LogP contribution is 2.18. The van der Waals surface area contributed by atoms with Crippen molar-refractivity contribution in [2.24, 2.45) is 0 Å². The first kappa shape index (κ1) is 25.2. The number of rotatable bonds is 18. The Balaban J connectivity index is 3.65. The highest BCUT2D eigenvalue weighted by atomic mass is 16.4. The van der Waals surface area contributed by atoms with Crippen LogP contribution in [0.5, 0.6) is 0 Å². The summed E-state index contributed by atoms with van der Waals surface area (Å²) in [6.07, 6.45) is 13.7. The normalized spacial score (nSPS) is 14.8. The smallest absolute Gasteiger partial charge is 0.178 e. The van der Waals surface area contributed by atoms with Gasteiger partial charge in [-0.1, -0.05) is 84.0 Å². The molecule has 0 saturated carbocycles. The molecule has 154 valence electrons. The minimum absolute atomic E-state index is 0.0686. The summed E-state index contributed by atoms with van der Waals surface area (Å²) < 4.78 is 0. The molecule has 0 aromatic carbocycles. The molecule has 0 aromatic heterocycles. The summed E-state index contributed by atoms with van der Waals surface area (Å²) in [5.74, 6) is -1.38. The standard InChI is InChI=1S/C21H40O5/c1-3-4-5-6-7-8-9-10-11-12-13-14-15-16-19(24)21(26,17-22)20(25)18(2)23/h20,22,25-26H,3-17H2,1-2H3. The third-order valence-electron chi connectivity index (χ3n) is 5.07. The van der Waals surface area contributed by atoms with Crippen LogP contribution in [0.1, 0.15) is 104 Å². The molecule has 5 nitrogen and oxygen atoms in total. The van der Waals surface area contributed by atoms with Gasteiger partial charge in [-0.05, 0) is 13.3 Å². The fourth-order valence-corrected chi connectivity index (χ4v) is 3.18. The van der Waals surface area contributed by atoms with E-state index in [1.54, 1.807) is 0 Å². The first-order valence-corrected chi connectivity index (χ1v) is 10.4. The van der Waals surface area contributed by atoms with Crippen LogP contribution in [-0.4, -0.2) is 45.2 Å². The van der Waals surface area contributed by atoms with Crippen molar-refractivity contribution in [2.45, 2.75) is 115 Å². The Hall–Kier alpha value is -0.780. The molecule has 0 aliphatic rings. The lowest BCUT2D eigenvalue weighted by Crippen LogP contribution is -2.55. The number of carbonyl (C=O) groups is 2. The van der Waals surface area contributed by atoms with E-state index in [9.17, 15) is 24.9 Å². The Kier molecular flexibility index (Phi) is 14.8. The van der Waals surface area contributed by atoms with Crippen molar-refractivity contribution in [1.29, 1.82) is 0 Å². The van der Waals surface area contributed by atoms with Crippen LogP contribution in [0.25, 0.3) is 0 Å². The molecule has 2 unspecified atom stereocenters. The Labute approximate surface area is 159 Å². The van der Waals surface area contributed by atoms with Gasteiger partial charge in [0.25, 0.3) is 0 Å². The van der Waals surface area contributed by atoms with Crippen LogP contribution in [-0.2, 0) is 9.59 Å². The van der Waals surface area contributed by atoms with E-state index >= 15 is 0 Å². The van der Waals surface area contributed by atoms with Crippen LogP contribution in [0, 0.1) is 0 Å². The minimum atomic E-state index is -2.36. The molecule has 2 atom stereocenters. The van der Waals surface area contributed by atoms with Gasteiger partial charge in [-0.3, -0.25) is 9.59 Å². The number of aliphatic hydroxyl groups is 3. The first-order valence-electron chi connectivity index (χ1n) is 10.4. The largest absolute Gasteiger partial charge is 0.393 e. The average molecular weight is 373 g/mol. The van der Waals surface area contributed by atoms with Crippen LogP contribution in [0.15, 0.2) is 0 Å². The van der Waals surface area contributed by atoms with E-state index in [0.29, 0.717) is 6.42 Å². The molecule has 0 heterocycles. The predicted molar refractivity (Wildman–Crippen MR) is 104 cm³/mol. The third kappa shape index (κ3) is 10.4. The Morgan fingerprint density at radius 2 is 1.19 bits per heavy atom. The lowest BCUT2D eigenvalue weighted by molar-refractivity contribution is -0.164. The summed E-state index contributed by atoms with van der Waals surface area (Å²) in [4.78, 5) is 23.2. The maximum absolute atomic E-state index is 12.0. The fraction of sp³-hybridized carbons (Fsp3) is 0.905. The van der Waals surface area contributed by atoms with Crippen molar-refractivity contribution >= 4 is 11.6 Å². The van der Waals surface area contributed by atoms with E-state index < -0.39 is 29.9 Å². The summed E-state index contributed by atoms with van der Waals surface area (Å²) in [6, 6.07) is 0. The SMILES string of the molecule is CCCCCCCCCCCCCCCC(=O)C(O)(CO)C(O)C(C)=O. The number of ketones is 2. The third-order valence-corrected chi connectivity index (χ3v) is 5.07. The lowest BCUT2D eigenvalue weighted by Gasteiger charge is -2.28. The summed E-state index contributed by atoms with van der Waals surface area (Å²) in [5.41, 5.74) is -2.36. The number of hydrogen-bond acceptors (Lipinski definition) is 5. The van der Waals surface area contributed by atoms with Crippen molar-refractivity contribution in [3.05, 3.63) is 0 Å². The Morgan fingerprint density at radius 1 is 0.808 bits per heavy atom. The fourth-order valence-electron chi connectivity index (χ4n) is 3.18. The predicted octanol–water partition coefficient (Wildman–Crippen LogP) is 3.71. The second-order valence-corrected chi connectivity index (χ2v) is 7.51. The molecule has 26 heavy (non-hydrogen) atoms. The van der Waals surface area contributed by atoms with Gasteiger partial charge in [-0.25, -0.2) is 0 Å². The van der Waals surface area contributed by atoms with Gasteiger partial charge in [-0.15, -0.1) is 0 Å². The quantitative estimate of drug-likeness (QED) is 0.319. The Bertz CT molecular complexity index is 383. The molecule has 0 bridgehead atoms. The minimum Gasteiger partial charge on any atom is -0.393 e. The zero-order valence-corrected chi connectivity index (χ0v) is 16.8. The second-order valence-electron chi connectivity index (χ2n) is 7.51. The number of unbranched alkanes of at least 4 members (excludes halogenated alkanes) is 12. The highest BCUT2D eigenvalue weighted by molar-refractivity contribution is 5.95. The molecule has 5 heteroatoms. The van der Waals surface area contributed by atoms with Gasteiger partial charge < -0.3 is 15.3 Å². The molecule has 0 aliphatic carbocycles. The topological polar surface area (TPSA) is 94.8 Å². The van der Waals surface area contributed by atoms with E-state index in [4.69, 9.17) is 0 Å². The van der Waals surface area contributed by atoms with Crippen molar-refractivity contribution in [1.82, 2.24) is 0 Å². The van der Waals surface area contributed by atoms with E-state index in [0.717, 1.165) is 26.2 Å².